The number of allylic oxidation sites excluding steroid dienone is 2. The molecule has 0 aromatic heterocycles. The summed E-state index contributed by atoms with van der Waals surface area (Å²) in [4.78, 5) is 11.5. The minimum Gasteiger partial charge on any atom is -0.361 e. The average molecular weight is 227 g/mol. The quantitative estimate of drug-likeness (QED) is 0.689. The van der Waals surface area contributed by atoms with Gasteiger partial charge in [-0.3, -0.25) is 4.79 Å². The molecule has 0 saturated carbocycles. The number of nitrogens with zero attached hydrogens (tertiary/aromatic N) is 1. The van der Waals surface area contributed by atoms with Crippen molar-refractivity contribution < 1.29 is 4.79 Å². The molecular formula is C13H13N3O. The van der Waals surface area contributed by atoms with Crippen LogP contribution in [0.1, 0.15) is 13.8 Å². The fraction of sp³-hybridized carbons (Fsp3) is 0.308. The van der Waals surface area contributed by atoms with Gasteiger partial charge in [0, 0.05) is 12.1 Å². The molecule has 86 valence electrons. The number of fused-ring (bicyclic) bond motifs is 1. The van der Waals surface area contributed by atoms with Gasteiger partial charge in [0.25, 0.3) is 5.91 Å². The highest BCUT2D eigenvalue weighted by Crippen LogP contribution is 2.20. The predicted molar refractivity (Wildman–Crippen MR) is 63.6 cm³/mol. The molecule has 1 saturated heterocycles. The standard InChI is InChI=1S/C13H13N3O/c1-13(2,8-14)16-10-4-3-5-11-9(6-10)7-15-12(11)17/h3,5-6,16H,7H2,1-2H3,(H,15,17). The molecule has 1 fully saturated rings. The molecule has 2 aliphatic rings. The van der Waals surface area contributed by atoms with Crippen LogP contribution in [0.3, 0.4) is 0 Å². The van der Waals surface area contributed by atoms with E-state index < -0.39 is 5.54 Å². The normalized spacial score (nSPS) is 18.2. The second kappa shape index (κ2) is 3.97. The number of amides is 1. The Morgan fingerprint density at radius 1 is 1.59 bits per heavy atom. The lowest BCUT2D eigenvalue weighted by Gasteiger charge is -2.18. The lowest BCUT2D eigenvalue weighted by Crippen LogP contribution is -2.36. The van der Waals surface area contributed by atoms with E-state index in [9.17, 15) is 4.79 Å². The number of nitriles is 1. The van der Waals surface area contributed by atoms with Crippen molar-refractivity contribution in [2.24, 2.45) is 0 Å². The van der Waals surface area contributed by atoms with Gasteiger partial charge in [-0.2, -0.15) is 5.26 Å². The van der Waals surface area contributed by atoms with Crippen molar-refractivity contribution in [2.75, 3.05) is 6.54 Å². The first-order chi connectivity index (χ1) is 8.02. The summed E-state index contributed by atoms with van der Waals surface area (Å²) >= 11 is 0. The Bertz CT molecular complexity index is 538. The Hall–Kier alpha value is -2.24. The smallest absolute Gasteiger partial charge is 0.251 e. The number of nitrogens with one attached hydrogen (secondary N) is 2. The van der Waals surface area contributed by atoms with Crippen molar-refractivity contribution in [1.82, 2.24) is 10.6 Å². The van der Waals surface area contributed by atoms with Crippen LogP contribution in [-0.2, 0) is 4.79 Å². The van der Waals surface area contributed by atoms with Gasteiger partial charge < -0.3 is 10.6 Å². The molecule has 2 N–H and O–H groups in total. The van der Waals surface area contributed by atoms with E-state index in [2.05, 4.69) is 22.4 Å². The molecule has 0 spiro atoms. The number of hydrogen-bond acceptors (Lipinski definition) is 3. The van der Waals surface area contributed by atoms with Crippen molar-refractivity contribution in [3.05, 3.63) is 40.8 Å². The van der Waals surface area contributed by atoms with E-state index in [1.165, 1.54) is 0 Å². The Kier molecular flexibility index (Phi) is 2.63. The van der Waals surface area contributed by atoms with Gasteiger partial charge >= 0.3 is 0 Å². The fourth-order valence-corrected chi connectivity index (χ4v) is 1.69. The predicted octanol–water partition coefficient (Wildman–Crippen LogP) is 0.913. The molecule has 0 aromatic rings. The summed E-state index contributed by atoms with van der Waals surface area (Å²) in [6.45, 7) is 4.10. The highest BCUT2D eigenvalue weighted by atomic mass is 16.2. The molecule has 17 heavy (non-hydrogen) atoms. The van der Waals surface area contributed by atoms with Crippen LogP contribution >= 0.6 is 0 Å². The van der Waals surface area contributed by atoms with Gasteiger partial charge in [0.2, 0.25) is 0 Å². The largest absolute Gasteiger partial charge is 0.361 e. The summed E-state index contributed by atoms with van der Waals surface area (Å²) in [6, 6.07) is 2.16. The van der Waals surface area contributed by atoms with Gasteiger partial charge in [0.15, 0.2) is 0 Å². The zero-order valence-electron chi connectivity index (χ0n) is 9.79. The molecule has 1 aliphatic carbocycles. The second-order valence-electron chi connectivity index (χ2n) is 4.52. The van der Waals surface area contributed by atoms with E-state index in [0.717, 1.165) is 5.57 Å². The number of hydrogen-bond donors (Lipinski definition) is 2. The third kappa shape index (κ3) is 2.30. The van der Waals surface area contributed by atoms with Crippen LogP contribution in [-0.4, -0.2) is 18.0 Å². The van der Waals surface area contributed by atoms with Crippen LogP contribution in [0.4, 0.5) is 0 Å². The fourth-order valence-electron chi connectivity index (χ4n) is 1.69. The Labute approximate surface area is 100 Å². The van der Waals surface area contributed by atoms with Crippen LogP contribution in [0.25, 0.3) is 0 Å². The number of carbonyl (C=O) groups excluding carboxylic acids is 1. The van der Waals surface area contributed by atoms with Gasteiger partial charge in [-0.15, -0.1) is 0 Å². The van der Waals surface area contributed by atoms with Crippen LogP contribution in [0.2, 0.25) is 0 Å². The number of carbonyl (C=O) groups is 1. The molecule has 4 nitrogen and oxygen atoms in total. The Morgan fingerprint density at radius 3 is 3.06 bits per heavy atom. The molecule has 0 bridgehead atoms. The summed E-state index contributed by atoms with van der Waals surface area (Å²) in [5.41, 5.74) is 4.67. The molecule has 1 heterocycles. The third-order valence-electron chi connectivity index (χ3n) is 2.56. The van der Waals surface area contributed by atoms with E-state index in [1.807, 2.05) is 6.08 Å². The molecule has 1 aliphatic heterocycles. The maximum absolute atomic E-state index is 11.5. The topological polar surface area (TPSA) is 64.9 Å². The van der Waals surface area contributed by atoms with Crippen LogP contribution < -0.4 is 10.6 Å². The molecule has 4 heteroatoms. The summed E-state index contributed by atoms with van der Waals surface area (Å²) in [7, 11) is 0. The van der Waals surface area contributed by atoms with Gasteiger partial charge in [-0.1, -0.05) is 5.73 Å². The van der Waals surface area contributed by atoms with Crippen molar-refractivity contribution in [3.63, 3.8) is 0 Å². The van der Waals surface area contributed by atoms with E-state index in [1.54, 1.807) is 26.0 Å². The zero-order valence-corrected chi connectivity index (χ0v) is 9.79. The molecule has 0 atom stereocenters. The summed E-state index contributed by atoms with van der Waals surface area (Å²) in [5.74, 6) is -0.0601. The lowest BCUT2D eigenvalue weighted by atomic mass is 10.1. The monoisotopic (exact) mass is 227 g/mol. The Balaban J connectivity index is 2.28. The van der Waals surface area contributed by atoms with Gasteiger partial charge in [0.05, 0.1) is 11.8 Å². The molecule has 2 rings (SSSR count). The van der Waals surface area contributed by atoms with Gasteiger partial charge in [0.1, 0.15) is 5.54 Å². The third-order valence-corrected chi connectivity index (χ3v) is 2.56. The first-order valence-electron chi connectivity index (χ1n) is 5.37. The molecule has 0 unspecified atom stereocenters. The van der Waals surface area contributed by atoms with E-state index in [-0.39, 0.29) is 5.91 Å². The second-order valence-corrected chi connectivity index (χ2v) is 4.52. The molecule has 1 amide bonds. The minimum absolute atomic E-state index is 0.0601. The van der Waals surface area contributed by atoms with Crippen LogP contribution in [0.15, 0.2) is 40.8 Å². The van der Waals surface area contributed by atoms with Crippen LogP contribution in [0, 0.1) is 11.3 Å². The van der Waals surface area contributed by atoms with Crippen molar-refractivity contribution in [2.45, 2.75) is 19.4 Å². The average Bonchev–Trinajstić information content (AvgIpc) is 2.51. The van der Waals surface area contributed by atoms with E-state index in [0.29, 0.717) is 17.8 Å². The first kappa shape index (κ1) is 11.3. The van der Waals surface area contributed by atoms with Gasteiger partial charge in [-0.05, 0) is 37.6 Å². The summed E-state index contributed by atoms with van der Waals surface area (Å²) in [5, 5.41) is 14.8. The van der Waals surface area contributed by atoms with E-state index in [4.69, 9.17) is 5.26 Å². The maximum atomic E-state index is 11.5. The zero-order chi connectivity index (χ0) is 12.5. The lowest BCUT2D eigenvalue weighted by molar-refractivity contribution is -0.116. The first-order valence-corrected chi connectivity index (χ1v) is 5.37. The van der Waals surface area contributed by atoms with Crippen LogP contribution in [0.5, 0.6) is 0 Å². The van der Waals surface area contributed by atoms with Crippen molar-refractivity contribution >= 4 is 5.91 Å². The molecule has 0 radical (unpaired) electrons. The maximum Gasteiger partial charge on any atom is 0.251 e. The summed E-state index contributed by atoms with van der Waals surface area (Å²) in [6.07, 6.45) is 5.29. The SMILES string of the molecule is CC(C)(C#N)NC1=C=CC=C2C(=O)NCC2=C1. The van der Waals surface area contributed by atoms with Gasteiger partial charge in [-0.25, -0.2) is 0 Å². The molecule has 0 aromatic carbocycles. The number of rotatable bonds is 2. The highest BCUT2D eigenvalue weighted by molar-refractivity contribution is 6.01. The van der Waals surface area contributed by atoms with Crippen molar-refractivity contribution in [1.29, 1.82) is 5.26 Å². The minimum atomic E-state index is -0.659. The van der Waals surface area contributed by atoms with E-state index >= 15 is 0 Å². The molecular weight excluding hydrogens is 214 g/mol. The Morgan fingerprint density at radius 2 is 2.35 bits per heavy atom. The van der Waals surface area contributed by atoms with Crippen molar-refractivity contribution in [3.8, 4) is 6.07 Å². The summed E-state index contributed by atoms with van der Waals surface area (Å²) < 4.78 is 0. The highest BCUT2D eigenvalue weighted by Gasteiger charge is 2.23.